The van der Waals surface area contributed by atoms with Crippen molar-refractivity contribution in [3.05, 3.63) is 59.1 Å². The lowest BCUT2D eigenvalue weighted by atomic mass is 9.99. The van der Waals surface area contributed by atoms with Crippen molar-refractivity contribution in [2.24, 2.45) is 5.92 Å². The summed E-state index contributed by atoms with van der Waals surface area (Å²) < 4.78 is 5.70. The first-order valence-electron chi connectivity index (χ1n) is 10.0. The number of benzene rings is 2. The predicted molar refractivity (Wildman–Crippen MR) is 115 cm³/mol. The molecule has 0 radical (unpaired) electrons. The van der Waals surface area contributed by atoms with E-state index in [1.807, 2.05) is 19.1 Å². The van der Waals surface area contributed by atoms with E-state index >= 15 is 0 Å². The third-order valence-electron chi connectivity index (χ3n) is 5.28. The van der Waals surface area contributed by atoms with Gasteiger partial charge in [-0.15, -0.1) is 0 Å². The largest absolute Gasteiger partial charge is 0.479 e. The Balaban J connectivity index is 1.57. The second-order valence-electron chi connectivity index (χ2n) is 7.71. The Labute approximate surface area is 172 Å². The summed E-state index contributed by atoms with van der Waals surface area (Å²) in [4.78, 5) is 15.0. The van der Waals surface area contributed by atoms with Crippen molar-refractivity contribution in [3.63, 3.8) is 0 Å². The van der Waals surface area contributed by atoms with Gasteiger partial charge in [0, 0.05) is 18.8 Å². The normalized spacial score (nSPS) is 19.0. The molecule has 0 unspecified atom stereocenters. The molecule has 2 aromatic carbocycles. The average molecular weight is 401 g/mol. The molecule has 3 atom stereocenters. The van der Waals surface area contributed by atoms with E-state index in [2.05, 4.69) is 41.4 Å². The monoisotopic (exact) mass is 400 g/mol. The molecule has 1 aliphatic heterocycles. The van der Waals surface area contributed by atoms with Gasteiger partial charge in [-0.1, -0.05) is 42.8 Å². The highest BCUT2D eigenvalue weighted by Crippen LogP contribution is 2.26. The molecule has 2 aromatic rings. The number of amides is 1. The first kappa shape index (κ1) is 20.5. The standard InChI is InChI=1S/C23H29ClN2O2/c1-16-7-6-14-26(15-16)20-12-10-19(11-13-20)17(2)25-23(27)18(3)28-22-9-5-4-8-21(22)24/h4-5,8-13,16-18H,6-7,14-15H2,1-3H3,(H,25,27)/t16-,17-,18+/m1/s1. The topological polar surface area (TPSA) is 41.6 Å². The van der Waals surface area contributed by atoms with Crippen LogP contribution in [0.5, 0.6) is 5.75 Å². The van der Waals surface area contributed by atoms with E-state index in [4.69, 9.17) is 16.3 Å². The Morgan fingerprint density at radius 2 is 1.89 bits per heavy atom. The highest BCUT2D eigenvalue weighted by molar-refractivity contribution is 6.32. The number of nitrogens with one attached hydrogen (secondary N) is 1. The molecule has 3 rings (SSSR count). The first-order valence-corrected chi connectivity index (χ1v) is 10.4. The van der Waals surface area contributed by atoms with Crippen LogP contribution in [0.4, 0.5) is 5.69 Å². The number of rotatable bonds is 6. The number of halogens is 1. The zero-order valence-electron chi connectivity index (χ0n) is 16.8. The maximum atomic E-state index is 12.5. The molecular weight excluding hydrogens is 372 g/mol. The van der Waals surface area contributed by atoms with Crippen LogP contribution in [0.1, 0.15) is 45.2 Å². The molecule has 1 amide bonds. The first-order chi connectivity index (χ1) is 13.4. The second-order valence-corrected chi connectivity index (χ2v) is 8.11. The molecule has 1 saturated heterocycles. The van der Waals surface area contributed by atoms with Crippen LogP contribution in [0.15, 0.2) is 48.5 Å². The summed E-state index contributed by atoms with van der Waals surface area (Å²) in [6, 6.07) is 15.6. The Bertz CT molecular complexity index is 793. The minimum atomic E-state index is -0.628. The van der Waals surface area contributed by atoms with Gasteiger partial charge in [0.15, 0.2) is 6.10 Å². The van der Waals surface area contributed by atoms with E-state index in [-0.39, 0.29) is 11.9 Å². The fraction of sp³-hybridized carbons (Fsp3) is 0.435. The van der Waals surface area contributed by atoms with Gasteiger partial charge in [-0.25, -0.2) is 0 Å². The zero-order chi connectivity index (χ0) is 20.1. The highest BCUT2D eigenvalue weighted by Gasteiger charge is 2.20. The summed E-state index contributed by atoms with van der Waals surface area (Å²) in [5.41, 5.74) is 2.33. The number of ether oxygens (including phenoxy) is 1. The Hall–Kier alpha value is -2.20. The number of carbonyl (C=O) groups is 1. The Morgan fingerprint density at radius 3 is 2.57 bits per heavy atom. The SMILES string of the molecule is C[C@@H]1CCCN(c2ccc([C@@H](C)NC(=O)[C@H](C)Oc3ccccc3Cl)cc2)C1. The van der Waals surface area contributed by atoms with Gasteiger partial charge in [0.05, 0.1) is 11.1 Å². The van der Waals surface area contributed by atoms with Gasteiger partial charge in [0.25, 0.3) is 5.91 Å². The number of anilines is 1. The van der Waals surface area contributed by atoms with Gasteiger partial charge in [0.1, 0.15) is 5.75 Å². The van der Waals surface area contributed by atoms with Gasteiger partial charge < -0.3 is 15.0 Å². The molecule has 1 fully saturated rings. The number of carbonyl (C=O) groups excluding carboxylic acids is 1. The number of piperidine rings is 1. The number of para-hydroxylation sites is 1. The summed E-state index contributed by atoms with van der Waals surface area (Å²) in [7, 11) is 0. The van der Waals surface area contributed by atoms with Gasteiger partial charge in [-0.3, -0.25) is 4.79 Å². The second kappa shape index (κ2) is 9.33. The Morgan fingerprint density at radius 1 is 1.18 bits per heavy atom. The smallest absolute Gasteiger partial charge is 0.261 e. The van der Waals surface area contributed by atoms with E-state index in [0.717, 1.165) is 24.6 Å². The zero-order valence-corrected chi connectivity index (χ0v) is 17.6. The number of nitrogens with zero attached hydrogens (tertiary/aromatic N) is 1. The van der Waals surface area contributed by atoms with Crippen molar-refractivity contribution in [2.75, 3.05) is 18.0 Å². The van der Waals surface area contributed by atoms with Crippen molar-refractivity contribution >= 4 is 23.2 Å². The molecule has 1 aliphatic rings. The maximum absolute atomic E-state index is 12.5. The third kappa shape index (κ3) is 5.20. The summed E-state index contributed by atoms with van der Waals surface area (Å²) in [5.74, 6) is 1.09. The highest BCUT2D eigenvalue weighted by atomic mass is 35.5. The fourth-order valence-electron chi connectivity index (χ4n) is 3.60. The van der Waals surface area contributed by atoms with Crippen molar-refractivity contribution in [1.29, 1.82) is 0 Å². The minimum absolute atomic E-state index is 0.0980. The molecule has 0 saturated carbocycles. The van der Waals surface area contributed by atoms with Gasteiger partial charge in [0.2, 0.25) is 0 Å². The minimum Gasteiger partial charge on any atom is -0.479 e. The predicted octanol–water partition coefficient (Wildman–Crippen LogP) is 5.22. The van der Waals surface area contributed by atoms with E-state index in [9.17, 15) is 4.79 Å². The molecule has 0 spiro atoms. The van der Waals surface area contributed by atoms with Crippen molar-refractivity contribution in [3.8, 4) is 5.75 Å². The van der Waals surface area contributed by atoms with Crippen LogP contribution in [0, 0.1) is 5.92 Å². The molecule has 5 heteroatoms. The number of hydrogen-bond acceptors (Lipinski definition) is 3. The molecule has 0 bridgehead atoms. The van der Waals surface area contributed by atoms with E-state index in [1.54, 1.807) is 19.1 Å². The summed E-state index contributed by atoms with van der Waals surface area (Å²) in [6.07, 6.45) is 1.93. The van der Waals surface area contributed by atoms with Crippen LogP contribution in [-0.4, -0.2) is 25.1 Å². The molecular formula is C23H29ClN2O2. The summed E-state index contributed by atoms with van der Waals surface area (Å²) in [5, 5.41) is 3.52. The lowest BCUT2D eigenvalue weighted by Crippen LogP contribution is -2.37. The van der Waals surface area contributed by atoms with Crippen molar-refractivity contribution in [2.45, 2.75) is 45.8 Å². The number of hydrogen-bond donors (Lipinski definition) is 1. The third-order valence-corrected chi connectivity index (χ3v) is 5.60. The molecule has 1 N–H and O–H groups in total. The van der Waals surface area contributed by atoms with Crippen LogP contribution >= 0.6 is 11.6 Å². The molecule has 1 heterocycles. The van der Waals surface area contributed by atoms with Crippen molar-refractivity contribution < 1.29 is 9.53 Å². The van der Waals surface area contributed by atoms with Crippen LogP contribution in [-0.2, 0) is 4.79 Å². The van der Waals surface area contributed by atoms with E-state index < -0.39 is 6.10 Å². The van der Waals surface area contributed by atoms with Gasteiger partial charge in [-0.05, 0) is 62.4 Å². The lowest BCUT2D eigenvalue weighted by Gasteiger charge is -2.33. The van der Waals surface area contributed by atoms with Crippen LogP contribution in [0.2, 0.25) is 5.02 Å². The van der Waals surface area contributed by atoms with Crippen LogP contribution in [0.3, 0.4) is 0 Å². The van der Waals surface area contributed by atoms with Gasteiger partial charge in [-0.2, -0.15) is 0 Å². The molecule has 4 nitrogen and oxygen atoms in total. The van der Waals surface area contributed by atoms with Gasteiger partial charge >= 0.3 is 0 Å². The lowest BCUT2D eigenvalue weighted by molar-refractivity contribution is -0.127. The fourth-order valence-corrected chi connectivity index (χ4v) is 3.78. The summed E-state index contributed by atoms with van der Waals surface area (Å²) >= 11 is 6.10. The van der Waals surface area contributed by atoms with Crippen LogP contribution < -0.4 is 15.0 Å². The molecule has 150 valence electrons. The molecule has 28 heavy (non-hydrogen) atoms. The van der Waals surface area contributed by atoms with E-state index in [1.165, 1.54) is 18.5 Å². The Kier molecular flexibility index (Phi) is 6.84. The summed E-state index contributed by atoms with van der Waals surface area (Å²) in [6.45, 7) is 8.25. The van der Waals surface area contributed by atoms with Crippen molar-refractivity contribution in [1.82, 2.24) is 5.32 Å². The quantitative estimate of drug-likeness (QED) is 0.722. The maximum Gasteiger partial charge on any atom is 0.261 e. The van der Waals surface area contributed by atoms with Crippen LogP contribution in [0.25, 0.3) is 0 Å². The van der Waals surface area contributed by atoms with E-state index in [0.29, 0.717) is 10.8 Å². The average Bonchev–Trinajstić information content (AvgIpc) is 2.69. The molecule has 0 aromatic heterocycles. The molecule has 0 aliphatic carbocycles.